The Morgan fingerprint density at radius 1 is 1.25 bits per heavy atom. The molecule has 28 heavy (non-hydrogen) atoms. The molecule has 8 nitrogen and oxygen atoms in total. The second-order valence-electron chi connectivity index (χ2n) is 7.89. The number of nitrogens with zero attached hydrogens (tertiary/aromatic N) is 2. The molecule has 2 unspecified atom stereocenters. The number of ether oxygens (including phenoxy) is 2. The van der Waals surface area contributed by atoms with Crippen LogP contribution in [0.2, 0.25) is 0 Å². The number of hydrogen-bond acceptors (Lipinski definition) is 5. The van der Waals surface area contributed by atoms with E-state index in [0.29, 0.717) is 49.3 Å². The maximum absolute atomic E-state index is 13.1. The van der Waals surface area contributed by atoms with Gasteiger partial charge in [-0.1, -0.05) is 13.0 Å². The normalized spacial score (nSPS) is 27.0. The number of urea groups is 1. The zero-order valence-electron chi connectivity index (χ0n) is 16.2. The lowest BCUT2D eigenvalue weighted by Crippen LogP contribution is -2.47. The Morgan fingerprint density at radius 3 is 2.75 bits per heavy atom. The van der Waals surface area contributed by atoms with E-state index in [0.717, 1.165) is 17.7 Å². The Hall–Kier alpha value is -2.77. The maximum atomic E-state index is 13.1. The highest BCUT2D eigenvalue weighted by atomic mass is 16.6. The van der Waals surface area contributed by atoms with Gasteiger partial charge in [0.05, 0.1) is 0 Å². The minimum Gasteiger partial charge on any atom is -0.486 e. The van der Waals surface area contributed by atoms with Crippen LogP contribution in [0.3, 0.4) is 0 Å². The van der Waals surface area contributed by atoms with E-state index in [9.17, 15) is 14.4 Å². The average molecular weight is 387 g/mol. The van der Waals surface area contributed by atoms with Crippen molar-refractivity contribution in [3.05, 3.63) is 23.8 Å². The zero-order valence-corrected chi connectivity index (χ0v) is 16.2. The third-order valence-electron chi connectivity index (χ3n) is 5.70. The summed E-state index contributed by atoms with van der Waals surface area (Å²) in [5.74, 6) is 0.961. The minimum absolute atomic E-state index is 0.193. The van der Waals surface area contributed by atoms with Gasteiger partial charge in [-0.25, -0.2) is 4.79 Å². The number of carbonyl (C=O) groups excluding carboxylic acids is 3. The molecule has 4 rings (SSSR count). The number of piperidine rings is 1. The van der Waals surface area contributed by atoms with Gasteiger partial charge >= 0.3 is 6.03 Å². The van der Waals surface area contributed by atoms with Crippen molar-refractivity contribution in [3.8, 4) is 11.5 Å². The predicted molar refractivity (Wildman–Crippen MR) is 100 cm³/mol. The van der Waals surface area contributed by atoms with Gasteiger partial charge in [0.1, 0.15) is 25.3 Å². The molecule has 8 heteroatoms. The highest BCUT2D eigenvalue weighted by Crippen LogP contribution is 2.36. The van der Waals surface area contributed by atoms with Gasteiger partial charge < -0.3 is 19.7 Å². The van der Waals surface area contributed by atoms with Crippen LogP contribution in [-0.2, 0) is 15.1 Å². The molecule has 0 spiro atoms. The maximum Gasteiger partial charge on any atom is 0.325 e. The minimum atomic E-state index is -1.25. The second-order valence-corrected chi connectivity index (χ2v) is 7.89. The van der Waals surface area contributed by atoms with Crippen LogP contribution in [0.25, 0.3) is 0 Å². The van der Waals surface area contributed by atoms with Crippen LogP contribution in [-0.4, -0.2) is 60.5 Å². The molecule has 0 saturated carbocycles. The van der Waals surface area contributed by atoms with Gasteiger partial charge in [0.15, 0.2) is 11.5 Å². The number of imide groups is 1. The highest BCUT2D eigenvalue weighted by molar-refractivity contribution is 6.09. The van der Waals surface area contributed by atoms with Gasteiger partial charge in [0.2, 0.25) is 5.91 Å². The molecular formula is C20H25N3O5. The summed E-state index contributed by atoms with van der Waals surface area (Å²) in [6.45, 7) is 5.76. The van der Waals surface area contributed by atoms with E-state index in [1.165, 1.54) is 0 Å². The molecule has 3 aliphatic rings. The first-order valence-electron chi connectivity index (χ1n) is 9.70. The standard InChI is InChI=1S/C20H25N3O5/c1-13-4-3-7-22(11-13)17(24)12-23-18(25)20(2,21-19(23)26)14-5-6-15-16(10-14)28-9-8-27-15/h5-6,10,13H,3-4,7-9,11-12H2,1-2H3,(H,21,26). The monoisotopic (exact) mass is 387 g/mol. The van der Waals surface area contributed by atoms with E-state index in [1.54, 1.807) is 30.0 Å². The van der Waals surface area contributed by atoms with Gasteiger partial charge in [-0.2, -0.15) is 0 Å². The van der Waals surface area contributed by atoms with Gasteiger partial charge in [0.25, 0.3) is 5.91 Å². The van der Waals surface area contributed by atoms with Crippen molar-refractivity contribution in [2.45, 2.75) is 32.2 Å². The molecule has 3 heterocycles. The molecule has 150 valence electrons. The zero-order chi connectivity index (χ0) is 19.9. The van der Waals surface area contributed by atoms with Crippen LogP contribution in [0, 0.1) is 5.92 Å². The van der Waals surface area contributed by atoms with Crippen LogP contribution in [0.4, 0.5) is 4.79 Å². The number of rotatable bonds is 3. The number of likely N-dealkylation sites (tertiary alicyclic amines) is 1. The van der Waals surface area contributed by atoms with Crippen LogP contribution in [0.5, 0.6) is 11.5 Å². The first-order chi connectivity index (χ1) is 13.4. The summed E-state index contributed by atoms with van der Waals surface area (Å²) in [5.41, 5.74) is -0.654. The average Bonchev–Trinajstić information content (AvgIpc) is 2.91. The molecule has 2 atom stereocenters. The predicted octanol–water partition coefficient (Wildman–Crippen LogP) is 1.48. The first kappa shape index (κ1) is 18.6. The number of amides is 4. The van der Waals surface area contributed by atoms with Crippen molar-refractivity contribution in [1.82, 2.24) is 15.1 Å². The van der Waals surface area contributed by atoms with Crippen molar-refractivity contribution in [1.29, 1.82) is 0 Å². The highest BCUT2D eigenvalue weighted by Gasteiger charge is 2.50. The van der Waals surface area contributed by atoms with E-state index in [1.807, 2.05) is 0 Å². The lowest BCUT2D eigenvalue weighted by molar-refractivity contribution is -0.139. The lowest BCUT2D eigenvalue weighted by atomic mass is 9.91. The molecule has 3 aliphatic heterocycles. The molecule has 1 aromatic rings. The number of nitrogens with one attached hydrogen (secondary N) is 1. The van der Waals surface area contributed by atoms with E-state index in [2.05, 4.69) is 12.2 Å². The quantitative estimate of drug-likeness (QED) is 0.794. The van der Waals surface area contributed by atoms with Gasteiger partial charge in [-0.15, -0.1) is 0 Å². The first-order valence-corrected chi connectivity index (χ1v) is 9.70. The Kier molecular flexibility index (Phi) is 4.64. The van der Waals surface area contributed by atoms with Crippen molar-refractivity contribution in [2.75, 3.05) is 32.8 Å². The number of hydrogen-bond donors (Lipinski definition) is 1. The summed E-state index contributed by atoms with van der Waals surface area (Å²) < 4.78 is 11.1. The Balaban J connectivity index is 1.52. The van der Waals surface area contributed by atoms with Crippen LogP contribution in [0.1, 0.15) is 32.3 Å². The van der Waals surface area contributed by atoms with Crippen LogP contribution >= 0.6 is 0 Å². The van der Waals surface area contributed by atoms with Crippen LogP contribution in [0.15, 0.2) is 18.2 Å². The van der Waals surface area contributed by atoms with E-state index in [-0.39, 0.29) is 12.5 Å². The lowest BCUT2D eigenvalue weighted by Gasteiger charge is -2.32. The SMILES string of the molecule is CC1CCCN(C(=O)CN2C(=O)NC(C)(c3ccc4c(c3)OCCO4)C2=O)C1. The molecule has 1 N–H and O–H groups in total. The summed E-state index contributed by atoms with van der Waals surface area (Å²) in [5, 5.41) is 2.74. The Bertz CT molecular complexity index is 826. The van der Waals surface area contributed by atoms with Crippen LogP contribution < -0.4 is 14.8 Å². The fraction of sp³-hybridized carbons (Fsp3) is 0.550. The fourth-order valence-electron chi connectivity index (χ4n) is 4.04. The topological polar surface area (TPSA) is 88.2 Å². The molecule has 4 amide bonds. The second kappa shape index (κ2) is 7.00. The molecule has 0 bridgehead atoms. The summed E-state index contributed by atoms with van der Waals surface area (Å²) >= 11 is 0. The molecule has 2 saturated heterocycles. The smallest absolute Gasteiger partial charge is 0.325 e. The number of benzene rings is 1. The molecule has 0 radical (unpaired) electrons. The van der Waals surface area contributed by atoms with Gasteiger partial charge in [-0.3, -0.25) is 14.5 Å². The number of carbonyl (C=O) groups is 3. The van der Waals surface area contributed by atoms with Gasteiger partial charge in [0, 0.05) is 13.1 Å². The van der Waals surface area contributed by atoms with E-state index in [4.69, 9.17) is 9.47 Å². The Labute approximate surface area is 163 Å². The summed E-state index contributed by atoms with van der Waals surface area (Å²) in [6.07, 6.45) is 2.04. The Morgan fingerprint density at radius 2 is 2.00 bits per heavy atom. The van der Waals surface area contributed by atoms with Crippen molar-refractivity contribution in [3.63, 3.8) is 0 Å². The third kappa shape index (κ3) is 3.16. The molecule has 0 aromatic heterocycles. The summed E-state index contributed by atoms with van der Waals surface area (Å²) in [4.78, 5) is 41.0. The van der Waals surface area contributed by atoms with Crippen molar-refractivity contribution >= 4 is 17.8 Å². The summed E-state index contributed by atoms with van der Waals surface area (Å²) in [7, 11) is 0. The van der Waals surface area contributed by atoms with E-state index < -0.39 is 17.5 Å². The van der Waals surface area contributed by atoms with Crippen molar-refractivity contribution in [2.24, 2.45) is 5.92 Å². The summed E-state index contributed by atoms with van der Waals surface area (Å²) in [6, 6.07) is 4.63. The third-order valence-corrected chi connectivity index (χ3v) is 5.70. The fourth-order valence-corrected chi connectivity index (χ4v) is 4.04. The molecule has 0 aliphatic carbocycles. The molecule has 1 aromatic carbocycles. The van der Waals surface area contributed by atoms with Gasteiger partial charge in [-0.05, 0) is 43.4 Å². The number of fused-ring (bicyclic) bond motifs is 1. The largest absolute Gasteiger partial charge is 0.486 e. The van der Waals surface area contributed by atoms with E-state index >= 15 is 0 Å². The molecule has 2 fully saturated rings. The molecular weight excluding hydrogens is 362 g/mol. The van der Waals surface area contributed by atoms with Crippen molar-refractivity contribution < 1.29 is 23.9 Å².